The van der Waals surface area contributed by atoms with Gasteiger partial charge < -0.3 is 10.8 Å². The lowest BCUT2D eigenvalue weighted by atomic mass is 9.88. The number of carboxylic acids is 1. The van der Waals surface area contributed by atoms with Crippen LogP contribution in [0.25, 0.3) is 0 Å². The van der Waals surface area contributed by atoms with Gasteiger partial charge in [-0.2, -0.15) is 0 Å². The highest BCUT2D eigenvalue weighted by Crippen LogP contribution is 2.21. The van der Waals surface area contributed by atoms with Crippen LogP contribution in [0.3, 0.4) is 0 Å². The van der Waals surface area contributed by atoms with Gasteiger partial charge in [0.25, 0.3) is 0 Å². The molecule has 1 unspecified atom stereocenters. The molecule has 94 valence electrons. The number of aliphatic carboxylic acids is 1. The predicted molar refractivity (Wildman–Crippen MR) is 69.8 cm³/mol. The third-order valence-corrected chi connectivity index (χ3v) is 3.19. The zero-order chi connectivity index (χ0) is 12.8. The van der Waals surface area contributed by atoms with E-state index >= 15 is 0 Å². The molecule has 0 aromatic heterocycles. The summed E-state index contributed by atoms with van der Waals surface area (Å²) in [5.74, 6) is -0.556. The third-order valence-electron chi connectivity index (χ3n) is 3.19. The van der Waals surface area contributed by atoms with Crippen LogP contribution in [0.2, 0.25) is 0 Å². The number of nitrogens with two attached hydrogens (primary N) is 1. The van der Waals surface area contributed by atoms with Gasteiger partial charge in [-0.15, -0.1) is 0 Å². The summed E-state index contributed by atoms with van der Waals surface area (Å²) in [7, 11) is 0. The first kappa shape index (κ1) is 13.6. The Morgan fingerprint density at radius 1 is 1.35 bits per heavy atom. The molecule has 2 atom stereocenters. The lowest BCUT2D eigenvalue weighted by molar-refractivity contribution is -0.141. The van der Waals surface area contributed by atoms with E-state index in [0.717, 1.165) is 24.9 Å². The van der Waals surface area contributed by atoms with Gasteiger partial charge in [0, 0.05) is 5.69 Å². The van der Waals surface area contributed by atoms with Gasteiger partial charge in [0.15, 0.2) is 0 Å². The molecular weight excluding hydrogens is 214 g/mol. The minimum absolute atomic E-state index is 0.270. The van der Waals surface area contributed by atoms with Crippen LogP contribution in [0.5, 0.6) is 0 Å². The molecule has 0 saturated heterocycles. The number of carboxylic acid groups (broad SMARTS) is 1. The Kier molecular flexibility index (Phi) is 5.01. The highest BCUT2D eigenvalue weighted by atomic mass is 16.4. The van der Waals surface area contributed by atoms with Crippen molar-refractivity contribution in [2.45, 2.75) is 33.1 Å². The Hall–Kier alpha value is -1.51. The molecule has 17 heavy (non-hydrogen) atoms. The number of hydrogen-bond donors (Lipinski definition) is 2. The van der Waals surface area contributed by atoms with E-state index < -0.39 is 5.97 Å². The average molecular weight is 235 g/mol. The lowest BCUT2D eigenvalue weighted by Crippen LogP contribution is -2.16. The molecule has 3 heteroatoms. The van der Waals surface area contributed by atoms with Crippen molar-refractivity contribution in [1.82, 2.24) is 0 Å². The van der Waals surface area contributed by atoms with E-state index in [1.807, 2.05) is 24.3 Å². The zero-order valence-electron chi connectivity index (χ0n) is 10.5. The maximum atomic E-state index is 10.8. The normalized spacial score (nSPS) is 14.2. The summed E-state index contributed by atoms with van der Waals surface area (Å²) in [5, 5.41) is 8.91. The van der Waals surface area contributed by atoms with Crippen molar-refractivity contribution < 1.29 is 9.90 Å². The van der Waals surface area contributed by atoms with Gasteiger partial charge in [-0.05, 0) is 36.5 Å². The molecule has 0 radical (unpaired) electrons. The van der Waals surface area contributed by atoms with E-state index in [1.165, 1.54) is 5.56 Å². The topological polar surface area (TPSA) is 63.3 Å². The second-order valence-corrected chi connectivity index (χ2v) is 4.69. The molecular formula is C14H21NO2. The molecule has 1 aromatic carbocycles. The molecule has 1 aromatic rings. The molecule has 1 rings (SSSR count). The summed E-state index contributed by atoms with van der Waals surface area (Å²) in [4.78, 5) is 10.8. The standard InChI is InChI=1S/C14H21NO2/c1-3-11(8-10(2)14(16)17)9-12-4-6-13(15)7-5-12/h4-7,10-11H,3,8-9,15H2,1-2H3,(H,16,17)/t10?,11-/m1/s1. The van der Waals surface area contributed by atoms with Crippen LogP contribution in [-0.4, -0.2) is 11.1 Å². The van der Waals surface area contributed by atoms with Crippen molar-refractivity contribution in [3.05, 3.63) is 29.8 Å². The Morgan fingerprint density at radius 2 is 1.94 bits per heavy atom. The monoisotopic (exact) mass is 235 g/mol. The van der Waals surface area contributed by atoms with Crippen LogP contribution in [0.4, 0.5) is 5.69 Å². The molecule has 3 nitrogen and oxygen atoms in total. The highest BCUT2D eigenvalue weighted by Gasteiger charge is 2.17. The first-order chi connectivity index (χ1) is 8.02. The van der Waals surface area contributed by atoms with Crippen molar-refractivity contribution in [3.63, 3.8) is 0 Å². The Morgan fingerprint density at radius 3 is 2.41 bits per heavy atom. The van der Waals surface area contributed by atoms with Crippen LogP contribution in [0.1, 0.15) is 32.3 Å². The van der Waals surface area contributed by atoms with Crippen LogP contribution < -0.4 is 5.73 Å². The van der Waals surface area contributed by atoms with Gasteiger partial charge >= 0.3 is 5.97 Å². The number of anilines is 1. The number of benzene rings is 1. The Balaban J connectivity index is 2.57. The zero-order valence-corrected chi connectivity index (χ0v) is 10.5. The van der Waals surface area contributed by atoms with Crippen molar-refractivity contribution in [2.24, 2.45) is 11.8 Å². The molecule has 0 heterocycles. The summed E-state index contributed by atoms with van der Waals surface area (Å²) in [6.45, 7) is 3.88. The summed E-state index contributed by atoms with van der Waals surface area (Å²) in [5.41, 5.74) is 7.62. The number of hydrogen-bond acceptors (Lipinski definition) is 2. The van der Waals surface area contributed by atoms with E-state index in [0.29, 0.717) is 5.92 Å². The molecule has 0 fully saturated rings. The van der Waals surface area contributed by atoms with Gasteiger partial charge in [-0.3, -0.25) is 4.79 Å². The van der Waals surface area contributed by atoms with E-state index in [2.05, 4.69) is 6.92 Å². The van der Waals surface area contributed by atoms with E-state index in [9.17, 15) is 4.79 Å². The SMILES string of the molecule is CC[C@@H](Cc1ccc(N)cc1)CC(C)C(=O)O. The quantitative estimate of drug-likeness (QED) is 0.745. The second kappa shape index (κ2) is 6.28. The number of rotatable bonds is 6. The molecule has 0 aliphatic heterocycles. The fourth-order valence-electron chi connectivity index (χ4n) is 1.98. The third kappa shape index (κ3) is 4.47. The summed E-state index contributed by atoms with van der Waals surface area (Å²) < 4.78 is 0. The molecule has 0 aliphatic rings. The van der Waals surface area contributed by atoms with E-state index in [4.69, 9.17) is 10.8 Å². The van der Waals surface area contributed by atoms with Gasteiger partial charge in [0.2, 0.25) is 0 Å². The highest BCUT2D eigenvalue weighted by molar-refractivity contribution is 5.69. The van der Waals surface area contributed by atoms with Crippen molar-refractivity contribution >= 4 is 11.7 Å². The van der Waals surface area contributed by atoms with E-state index in [-0.39, 0.29) is 5.92 Å². The first-order valence-electron chi connectivity index (χ1n) is 6.10. The van der Waals surface area contributed by atoms with Gasteiger partial charge in [-0.1, -0.05) is 32.4 Å². The fraction of sp³-hybridized carbons (Fsp3) is 0.500. The van der Waals surface area contributed by atoms with Gasteiger partial charge in [-0.25, -0.2) is 0 Å². The Bertz CT molecular complexity index is 359. The predicted octanol–water partition coefficient (Wildman–Crippen LogP) is 2.95. The minimum Gasteiger partial charge on any atom is -0.481 e. The van der Waals surface area contributed by atoms with Crippen molar-refractivity contribution in [3.8, 4) is 0 Å². The molecule has 0 bridgehead atoms. The average Bonchev–Trinajstić information content (AvgIpc) is 2.30. The van der Waals surface area contributed by atoms with Gasteiger partial charge in [0.1, 0.15) is 0 Å². The maximum absolute atomic E-state index is 10.8. The molecule has 0 spiro atoms. The minimum atomic E-state index is -0.708. The van der Waals surface area contributed by atoms with Crippen LogP contribution in [0.15, 0.2) is 24.3 Å². The lowest BCUT2D eigenvalue weighted by Gasteiger charge is -2.17. The summed E-state index contributed by atoms with van der Waals surface area (Å²) >= 11 is 0. The summed E-state index contributed by atoms with van der Waals surface area (Å²) in [6, 6.07) is 7.82. The van der Waals surface area contributed by atoms with Crippen molar-refractivity contribution in [2.75, 3.05) is 5.73 Å². The number of nitrogen functional groups attached to an aromatic ring is 1. The Labute approximate surface area is 103 Å². The van der Waals surface area contributed by atoms with Crippen molar-refractivity contribution in [1.29, 1.82) is 0 Å². The number of carbonyl (C=O) groups is 1. The van der Waals surface area contributed by atoms with Crippen LogP contribution >= 0.6 is 0 Å². The summed E-state index contributed by atoms with van der Waals surface area (Å²) in [6.07, 6.45) is 2.66. The molecule has 0 amide bonds. The second-order valence-electron chi connectivity index (χ2n) is 4.69. The first-order valence-corrected chi connectivity index (χ1v) is 6.10. The van der Waals surface area contributed by atoms with E-state index in [1.54, 1.807) is 6.92 Å². The van der Waals surface area contributed by atoms with Crippen LogP contribution in [-0.2, 0) is 11.2 Å². The van der Waals surface area contributed by atoms with Crippen LogP contribution in [0, 0.1) is 11.8 Å². The largest absolute Gasteiger partial charge is 0.481 e. The molecule has 0 saturated carbocycles. The molecule has 0 aliphatic carbocycles. The fourth-order valence-corrected chi connectivity index (χ4v) is 1.98. The molecule has 3 N–H and O–H groups in total. The maximum Gasteiger partial charge on any atom is 0.306 e. The smallest absolute Gasteiger partial charge is 0.306 e. The van der Waals surface area contributed by atoms with Gasteiger partial charge in [0.05, 0.1) is 5.92 Å².